The Balaban J connectivity index is 1.80. The Bertz CT molecular complexity index is 895. The molecule has 0 aliphatic carbocycles. The van der Waals surface area contributed by atoms with Gasteiger partial charge in [0, 0.05) is 24.5 Å². The van der Waals surface area contributed by atoms with Gasteiger partial charge in [0.2, 0.25) is 0 Å². The van der Waals surface area contributed by atoms with E-state index >= 15 is 0 Å². The second-order valence-electron chi connectivity index (χ2n) is 7.64. The number of benzene rings is 1. The van der Waals surface area contributed by atoms with Crippen LogP contribution in [0.4, 0.5) is 5.69 Å². The Kier molecular flexibility index (Phi) is 7.44. The zero-order chi connectivity index (χ0) is 21.7. The van der Waals surface area contributed by atoms with Crippen LogP contribution >= 0.6 is 11.3 Å². The molecule has 0 saturated carbocycles. The van der Waals surface area contributed by atoms with Crippen LogP contribution in [-0.2, 0) is 25.5 Å². The van der Waals surface area contributed by atoms with Crippen molar-refractivity contribution in [2.24, 2.45) is 5.92 Å². The Labute approximate surface area is 181 Å². The number of rotatable bonds is 9. The van der Waals surface area contributed by atoms with Crippen molar-refractivity contribution in [3.8, 4) is 17.0 Å². The Morgan fingerprint density at radius 2 is 2.13 bits per heavy atom. The first-order valence-electron chi connectivity index (χ1n) is 10.1. The maximum atomic E-state index is 12.7. The number of carbonyl (C=O) groups is 2. The van der Waals surface area contributed by atoms with Crippen LogP contribution in [0.25, 0.3) is 11.3 Å². The first kappa shape index (κ1) is 22.2. The van der Waals surface area contributed by atoms with Gasteiger partial charge in [-0.15, -0.1) is 11.3 Å². The molecule has 0 radical (unpaired) electrons. The van der Waals surface area contributed by atoms with Crippen molar-refractivity contribution in [3.63, 3.8) is 0 Å². The molecule has 1 aromatic heterocycles. The molecule has 2 heterocycles. The lowest BCUT2D eigenvalue weighted by molar-refractivity contribution is -0.143. The summed E-state index contributed by atoms with van der Waals surface area (Å²) in [5.41, 5.74) is 2.24. The standard InChI is InChI=1S/C22H28N2O5S/c1-14(2)7-10-28-21(25)12-24-18-11-16(5-6-19(18)29-15(3)22(24)26)17-13-30-20(23-17)8-9-27-4/h5-6,11,13-15H,7-10,12H2,1-4H3. The van der Waals surface area contributed by atoms with Crippen molar-refractivity contribution in [3.05, 3.63) is 28.6 Å². The molecule has 8 heteroatoms. The second-order valence-corrected chi connectivity index (χ2v) is 8.58. The van der Waals surface area contributed by atoms with E-state index in [1.165, 1.54) is 4.90 Å². The van der Waals surface area contributed by atoms with Gasteiger partial charge in [-0.05, 0) is 37.5 Å². The molecule has 0 saturated heterocycles. The van der Waals surface area contributed by atoms with Crippen LogP contribution in [0.5, 0.6) is 5.75 Å². The zero-order valence-corrected chi connectivity index (χ0v) is 18.7. The molecule has 1 unspecified atom stereocenters. The van der Waals surface area contributed by atoms with Gasteiger partial charge in [-0.1, -0.05) is 13.8 Å². The number of aromatic nitrogens is 1. The quantitative estimate of drug-likeness (QED) is 0.562. The Morgan fingerprint density at radius 3 is 2.87 bits per heavy atom. The van der Waals surface area contributed by atoms with Gasteiger partial charge in [-0.3, -0.25) is 14.5 Å². The Hall–Kier alpha value is -2.45. The first-order chi connectivity index (χ1) is 14.4. The van der Waals surface area contributed by atoms with E-state index in [2.05, 4.69) is 18.8 Å². The summed E-state index contributed by atoms with van der Waals surface area (Å²) in [5, 5.41) is 2.96. The van der Waals surface area contributed by atoms with E-state index in [1.54, 1.807) is 25.4 Å². The summed E-state index contributed by atoms with van der Waals surface area (Å²) in [5.74, 6) is 0.318. The van der Waals surface area contributed by atoms with Crippen LogP contribution < -0.4 is 9.64 Å². The number of amides is 1. The number of hydrogen-bond donors (Lipinski definition) is 0. The first-order valence-corrected chi connectivity index (χ1v) is 11.0. The van der Waals surface area contributed by atoms with Crippen LogP contribution in [0.1, 0.15) is 32.2 Å². The van der Waals surface area contributed by atoms with Crippen molar-refractivity contribution < 1.29 is 23.8 Å². The highest BCUT2D eigenvalue weighted by Gasteiger charge is 2.33. The lowest BCUT2D eigenvalue weighted by atomic mass is 10.1. The fraction of sp³-hybridized carbons (Fsp3) is 0.500. The molecule has 0 bridgehead atoms. The fourth-order valence-electron chi connectivity index (χ4n) is 3.06. The molecule has 0 N–H and O–H groups in total. The molecule has 162 valence electrons. The fourth-order valence-corrected chi connectivity index (χ4v) is 3.85. The average molecular weight is 433 g/mol. The van der Waals surface area contributed by atoms with E-state index in [1.807, 2.05) is 23.6 Å². The molecule has 1 amide bonds. The summed E-state index contributed by atoms with van der Waals surface area (Å²) in [6.45, 7) is 6.64. The van der Waals surface area contributed by atoms with Crippen molar-refractivity contribution in [2.75, 3.05) is 31.8 Å². The topological polar surface area (TPSA) is 78.0 Å². The predicted octanol–water partition coefficient (Wildman–Crippen LogP) is 3.70. The van der Waals surface area contributed by atoms with Gasteiger partial charge in [0.05, 0.1) is 29.6 Å². The van der Waals surface area contributed by atoms with Gasteiger partial charge in [-0.2, -0.15) is 0 Å². The number of nitrogens with zero attached hydrogens (tertiary/aromatic N) is 2. The van der Waals surface area contributed by atoms with Crippen molar-refractivity contribution >= 4 is 28.9 Å². The highest BCUT2D eigenvalue weighted by Crippen LogP contribution is 2.37. The molecule has 1 aromatic carbocycles. The molecule has 0 fully saturated rings. The lowest BCUT2D eigenvalue weighted by Gasteiger charge is -2.32. The summed E-state index contributed by atoms with van der Waals surface area (Å²) in [7, 11) is 1.67. The van der Waals surface area contributed by atoms with Crippen LogP contribution in [0.2, 0.25) is 0 Å². The van der Waals surface area contributed by atoms with E-state index in [9.17, 15) is 9.59 Å². The summed E-state index contributed by atoms with van der Waals surface area (Å²) in [6.07, 6.45) is 0.876. The molecule has 2 aromatic rings. The van der Waals surface area contributed by atoms with Gasteiger partial charge in [0.1, 0.15) is 12.3 Å². The van der Waals surface area contributed by atoms with Gasteiger partial charge < -0.3 is 14.2 Å². The van der Waals surface area contributed by atoms with Gasteiger partial charge >= 0.3 is 5.97 Å². The number of carbonyl (C=O) groups excluding carboxylic acids is 2. The van der Waals surface area contributed by atoms with E-state index in [4.69, 9.17) is 14.2 Å². The maximum Gasteiger partial charge on any atom is 0.326 e. The normalized spacial score (nSPS) is 15.8. The maximum absolute atomic E-state index is 12.7. The summed E-state index contributed by atoms with van der Waals surface area (Å²) in [6, 6.07) is 5.57. The van der Waals surface area contributed by atoms with E-state index in [-0.39, 0.29) is 12.5 Å². The molecular weight excluding hydrogens is 404 g/mol. The van der Waals surface area contributed by atoms with Crippen molar-refractivity contribution in [1.29, 1.82) is 0 Å². The molecular formula is C22H28N2O5S. The van der Waals surface area contributed by atoms with E-state index < -0.39 is 12.1 Å². The highest BCUT2D eigenvalue weighted by molar-refractivity contribution is 7.09. The zero-order valence-electron chi connectivity index (χ0n) is 17.8. The third-order valence-corrected chi connectivity index (χ3v) is 5.69. The SMILES string of the molecule is COCCc1nc(-c2ccc3c(c2)N(CC(=O)OCCC(C)C)C(=O)C(C)O3)cs1. The van der Waals surface area contributed by atoms with Gasteiger partial charge in [-0.25, -0.2) is 4.98 Å². The highest BCUT2D eigenvalue weighted by atomic mass is 32.1. The van der Waals surface area contributed by atoms with Crippen LogP contribution in [0, 0.1) is 5.92 Å². The smallest absolute Gasteiger partial charge is 0.326 e. The number of hydrogen-bond acceptors (Lipinski definition) is 7. The van der Waals surface area contributed by atoms with Gasteiger partial charge in [0.25, 0.3) is 5.91 Å². The second kappa shape index (κ2) is 10.0. The molecule has 1 aliphatic heterocycles. The van der Waals surface area contributed by atoms with Crippen LogP contribution in [-0.4, -0.2) is 49.8 Å². The molecule has 1 aliphatic rings. The van der Waals surface area contributed by atoms with Crippen LogP contribution in [0.15, 0.2) is 23.6 Å². The number of methoxy groups -OCH3 is 1. The number of anilines is 1. The summed E-state index contributed by atoms with van der Waals surface area (Å²) < 4.78 is 16.2. The lowest BCUT2D eigenvalue weighted by Crippen LogP contribution is -2.47. The Morgan fingerprint density at radius 1 is 1.33 bits per heavy atom. The minimum atomic E-state index is -0.660. The van der Waals surface area contributed by atoms with Crippen LogP contribution in [0.3, 0.4) is 0 Å². The van der Waals surface area contributed by atoms with E-state index in [0.717, 1.165) is 29.1 Å². The molecule has 0 spiro atoms. The average Bonchev–Trinajstić information content (AvgIpc) is 3.18. The monoisotopic (exact) mass is 432 g/mol. The summed E-state index contributed by atoms with van der Waals surface area (Å²) in [4.78, 5) is 31.2. The third-order valence-electron chi connectivity index (χ3n) is 4.78. The molecule has 3 rings (SSSR count). The predicted molar refractivity (Wildman–Crippen MR) is 116 cm³/mol. The number of fused-ring (bicyclic) bond motifs is 1. The number of thiazole rings is 1. The summed E-state index contributed by atoms with van der Waals surface area (Å²) >= 11 is 1.57. The van der Waals surface area contributed by atoms with Crippen molar-refractivity contribution in [1.82, 2.24) is 4.98 Å². The number of ether oxygens (including phenoxy) is 3. The molecule has 30 heavy (non-hydrogen) atoms. The van der Waals surface area contributed by atoms with Gasteiger partial charge in [0.15, 0.2) is 6.10 Å². The minimum Gasteiger partial charge on any atom is -0.479 e. The largest absolute Gasteiger partial charge is 0.479 e. The third kappa shape index (κ3) is 5.37. The molecule has 7 nitrogen and oxygen atoms in total. The minimum absolute atomic E-state index is 0.142. The van der Waals surface area contributed by atoms with E-state index in [0.29, 0.717) is 30.6 Å². The molecule has 1 atom stereocenters. The van der Waals surface area contributed by atoms with Crippen molar-refractivity contribution in [2.45, 2.75) is 39.7 Å². The number of esters is 1.